The molecule has 17 heavy (non-hydrogen) atoms. The summed E-state index contributed by atoms with van der Waals surface area (Å²) >= 11 is 8.60. The van der Waals surface area contributed by atoms with Crippen molar-refractivity contribution in [3.8, 4) is 0 Å². The molecular formula is C11H13Br2N3S. The third kappa shape index (κ3) is 2.99. The van der Waals surface area contributed by atoms with Crippen molar-refractivity contribution in [2.45, 2.75) is 25.4 Å². The van der Waals surface area contributed by atoms with E-state index >= 15 is 0 Å². The Hall–Kier alpha value is -0.170. The topological polar surface area (TPSA) is 43.8 Å². The minimum atomic E-state index is 0.0624. The number of aromatic nitrogens is 2. The predicted octanol–water partition coefficient (Wildman–Crippen LogP) is 3.80. The highest BCUT2D eigenvalue weighted by atomic mass is 79.9. The van der Waals surface area contributed by atoms with E-state index in [-0.39, 0.29) is 12.1 Å². The van der Waals surface area contributed by atoms with E-state index < -0.39 is 0 Å². The quantitative estimate of drug-likeness (QED) is 0.879. The number of hydrogen-bond acceptors (Lipinski definition) is 3. The molecule has 2 atom stereocenters. The van der Waals surface area contributed by atoms with Crippen molar-refractivity contribution >= 4 is 43.2 Å². The second kappa shape index (κ2) is 5.65. The molecule has 2 aromatic heterocycles. The molecule has 2 aromatic rings. The summed E-state index contributed by atoms with van der Waals surface area (Å²) in [7, 11) is 0. The van der Waals surface area contributed by atoms with Crippen LogP contribution in [0.15, 0.2) is 32.8 Å². The molecule has 0 radical (unpaired) electrons. The van der Waals surface area contributed by atoms with Gasteiger partial charge in [-0.2, -0.15) is 5.10 Å². The Balaban J connectivity index is 2.38. The average Bonchev–Trinajstić information content (AvgIpc) is 2.89. The first-order chi connectivity index (χ1) is 8.11. The van der Waals surface area contributed by atoms with Crippen molar-refractivity contribution < 1.29 is 0 Å². The lowest BCUT2D eigenvalue weighted by atomic mass is 10.1. The maximum Gasteiger partial charge on any atom is 0.101 e. The molecule has 2 N–H and O–H groups in total. The standard InChI is InChI=1S/C11H13Br2N3S/c1-2-9(14)11(10-3-7(12)6-17-10)16-5-8(13)4-15-16/h3-6,9,11H,2,14H2,1H3. The molecule has 92 valence electrons. The number of rotatable bonds is 4. The van der Waals surface area contributed by atoms with Gasteiger partial charge in [0.1, 0.15) is 6.04 Å². The SMILES string of the molecule is CCC(N)C(c1cc(Br)cs1)n1cc(Br)cn1. The maximum atomic E-state index is 6.22. The van der Waals surface area contributed by atoms with Gasteiger partial charge in [-0.25, -0.2) is 0 Å². The van der Waals surface area contributed by atoms with Gasteiger partial charge in [0.05, 0.1) is 10.7 Å². The van der Waals surface area contributed by atoms with Crippen LogP contribution >= 0.6 is 43.2 Å². The highest BCUT2D eigenvalue weighted by Gasteiger charge is 2.22. The number of nitrogens with zero attached hydrogens (tertiary/aromatic N) is 2. The highest BCUT2D eigenvalue weighted by molar-refractivity contribution is 9.10. The molecule has 6 heteroatoms. The van der Waals surface area contributed by atoms with Crippen LogP contribution in [0.4, 0.5) is 0 Å². The van der Waals surface area contributed by atoms with Crippen molar-refractivity contribution in [3.05, 3.63) is 37.7 Å². The minimum Gasteiger partial charge on any atom is -0.326 e. The normalized spacial score (nSPS) is 14.8. The maximum absolute atomic E-state index is 6.22. The van der Waals surface area contributed by atoms with Crippen LogP contribution in [0.2, 0.25) is 0 Å². The summed E-state index contributed by atoms with van der Waals surface area (Å²) in [6.45, 7) is 2.10. The van der Waals surface area contributed by atoms with E-state index in [4.69, 9.17) is 5.73 Å². The lowest BCUT2D eigenvalue weighted by Gasteiger charge is -2.22. The first-order valence-electron chi connectivity index (χ1n) is 5.31. The predicted molar refractivity (Wildman–Crippen MR) is 78.4 cm³/mol. The summed E-state index contributed by atoms with van der Waals surface area (Å²) in [5.74, 6) is 0. The van der Waals surface area contributed by atoms with Gasteiger partial charge < -0.3 is 5.73 Å². The lowest BCUT2D eigenvalue weighted by molar-refractivity contribution is 0.429. The van der Waals surface area contributed by atoms with Gasteiger partial charge in [-0.15, -0.1) is 11.3 Å². The smallest absolute Gasteiger partial charge is 0.101 e. The van der Waals surface area contributed by atoms with Crippen LogP contribution in [0.1, 0.15) is 24.3 Å². The molecule has 0 spiro atoms. The van der Waals surface area contributed by atoms with Crippen LogP contribution in [0, 0.1) is 0 Å². The third-order valence-corrected chi connectivity index (χ3v) is 4.78. The van der Waals surface area contributed by atoms with Crippen molar-refractivity contribution in [1.29, 1.82) is 0 Å². The van der Waals surface area contributed by atoms with E-state index in [1.54, 1.807) is 17.5 Å². The number of hydrogen-bond donors (Lipinski definition) is 1. The number of nitrogens with two attached hydrogens (primary N) is 1. The Morgan fingerprint density at radius 3 is 2.71 bits per heavy atom. The summed E-state index contributed by atoms with van der Waals surface area (Å²) < 4.78 is 4.00. The van der Waals surface area contributed by atoms with Gasteiger partial charge in [0.2, 0.25) is 0 Å². The van der Waals surface area contributed by atoms with Crippen LogP contribution in [0.5, 0.6) is 0 Å². The van der Waals surface area contributed by atoms with Crippen molar-refractivity contribution in [2.24, 2.45) is 5.73 Å². The van der Waals surface area contributed by atoms with Crippen molar-refractivity contribution in [1.82, 2.24) is 9.78 Å². The van der Waals surface area contributed by atoms with Crippen molar-refractivity contribution in [3.63, 3.8) is 0 Å². The molecule has 0 saturated carbocycles. The van der Waals surface area contributed by atoms with E-state index in [1.165, 1.54) is 4.88 Å². The fourth-order valence-corrected chi connectivity index (χ4v) is 3.62. The van der Waals surface area contributed by atoms with Crippen LogP contribution in [0.3, 0.4) is 0 Å². The summed E-state index contributed by atoms with van der Waals surface area (Å²) in [6, 6.07) is 2.27. The molecule has 2 heterocycles. The molecular weight excluding hydrogens is 366 g/mol. The molecule has 0 aliphatic carbocycles. The molecule has 0 bridgehead atoms. The Kier molecular flexibility index (Phi) is 4.41. The summed E-state index contributed by atoms with van der Waals surface area (Å²) in [5.41, 5.74) is 6.22. The fourth-order valence-electron chi connectivity index (χ4n) is 1.71. The Morgan fingerprint density at radius 1 is 1.47 bits per heavy atom. The molecule has 0 amide bonds. The Labute approximate surface area is 121 Å². The molecule has 0 fully saturated rings. The Morgan fingerprint density at radius 2 is 2.24 bits per heavy atom. The van der Waals surface area contributed by atoms with E-state index in [0.29, 0.717) is 0 Å². The highest BCUT2D eigenvalue weighted by Crippen LogP contribution is 2.31. The van der Waals surface area contributed by atoms with Gasteiger partial charge in [0.25, 0.3) is 0 Å². The van der Waals surface area contributed by atoms with Crippen LogP contribution in [-0.4, -0.2) is 15.8 Å². The molecule has 0 aliphatic rings. The first-order valence-corrected chi connectivity index (χ1v) is 7.77. The molecule has 2 rings (SSSR count). The van der Waals surface area contributed by atoms with E-state index in [2.05, 4.69) is 55.3 Å². The van der Waals surface area contributed by atoms with E-state index in [1.807, 2.05) is 10.9 Å². The molecule has 0 saturated heterocycles. The van der Waals surface area contributed by atoms with Crippen molar-refractivity contribution in [2.75, 3.05) is 0 Å². The second-order valence-electron chi connectivity index (χ2n) is 3.82. The van der Waals surface area contributed by atoms with Gasteiger partial charge in [-0.05, 0) is 44.3 Å². The number of halogens is 2. The molecule has 0 aliphatic heterocycles. The molecule has 0 aromatic carbocycles. The molecule has 3 nitrogen and oxygen atoms in total. The van der Waals surface area contributed by atoms with E-state index in [0.717, 1.165) is 15.4 Å². The zero-order chi connectivity index (χ0) is 12.4. The lowest BCUT2D eigenvalue weighted by Crippen LogP contribution is -2.32. The summed E-state index contributed by atoms with van der Waals surface area (Å²) in [5, 5.41) is 6.42. The zero-order valence-electron chi connectivity index (χ0n) is 9.31. The van der Waals surface area contributed by atoms with Crippen LogP contribution < -0.4 is 5.73 Å². The van der Waals surface area contributed by atoms with Gasteiger partial charge in [0.15, 0.2) is 0 Å². The monoisotopic (exact) mass is 377 g/mol. The molecule has 2 unspecified atom stereocenters. The van der Waals surface area contributed by atoms with Gasteiger partial charge >= 0.3 is 0 Å². The summed E-state index contributed by atoms with van der Waals surface area (Å²) in [6.07, 6.45) is 4.67. The average molecular weight is 379 g/mol. The fraction of sp³-hybridized carbons (Fsp3) is 0.364. The van der Waals surface area contributed by atoms with Gasteiger partial charge in [0, 0.05) is 27.0 Å². The second-order valence-corrected chi connectivity index (χ2v) is 6.60. The van der Waals surface area contributed by atoms with Gasteiger partial charge in [-0.3, -0.25) is 4.68 Å². The van der Waals surface area contributed by atoms with Crippen LogP contribution in [0.25, 0.3) is 0 Å². The summed E-state index contributed by atoms with van der Waals surface area (Å²) in [4.78, 5) is 1.22. The largest absolute Gasteiger partial charge is 0.326 e. The zero-order valence-corrected chi connectivity index (χ0v) is 13.3. The third-order valence-electron chi connectivity index (χ3n) is 2.61. The number of thiophene rings is 1. The van der Waals surface area contributed by atoms with E-state index in [9.17, 15) is 0 Å². The Bertz CT molecular complexity index is 454. The first kappa shape index (κ1) is 13.3. The van der Waals surface area contributed by atoms with Crippen LogP contribution in [-0.2, 0) is 0 Å². The van der Waals surface area contributed by atoms with Gasteiger partial charge in [-0.1, -0.05) is 6.92 Å². The minimum absolute atomic E-state index is 0.0624.